The molecule has 1 N–H and O–H groups in total. The first-order valence-corrected chi connectivity index (χ1v) is 9.73. The van der Waals surface area contributed by atoms with Crippen LogP contribution in [0.1, 0.15) is 34.0 Å². The van der Waals surface area contributed by atoms with Crippen molar-refractivity contribution in [2.75, 3.05) is 26.3 Å². The SMILES string of the molecule is O=C(N[C@H]1C[C@H]2CO[C@@H](c3ccccc3)CN2C1)c1ccc2c(c1)CCO2. The zero-order chi connectivity index (χ0) is 18.2. The number of nitrogens with zero attached hydrogens (tertiary/aromatic N) is 1. The second kappa shape index (κ2) is 6.98. The van der Waals surface area contributed by atoms with Crippen molar-refractivity contribution < 1.29 is 14.3 Å². The second-order valence-electron chi connectivity index (χ2n) is 7.67. The van der Waals surface area contributed by atoms with Crippen LogP contribution in [0.4, 0.5) is 0 Å². The van der Waals surface area contributed by atoms with Crippen LogP contribution >= 0.6 is 0 Å². The molecule has 2 saturated heterocycles. The van der Waals surface area contributed by atoms with Gasteiger partial charge >= 0.3 is 0 Å². The standard InChI is InChI=1S/C22H24N2O3/c25-22(17-6-7-20-16(10-17)8-9-26-20)23-18-11-19-14-27-21(13-24(19)12-18)15-4-2-1-3-5-15/h1-7,10,18-19,21H,8-9,11-14H2,(H,23,25)/t18-,19-,21+/m0/s1. The van der Waals surface area contributed by atoms with E-state index in [1.165, 1.54) is 5.56 Å². The zero-order valence-electron chi connectivity index (χ0n) is 15.3. The van der Waals surface area contributed by atoms with E-state index in [4.69, 9.17) is 9.47 Å². The van der Waals surface area contributed by atoms with Gasteiger partial charge in [0.25, 0.3) is 5.91 Å². The van der Waals surface area contributed by atoms with Gasteiger partial charge in [0.2, 0.25) is 0 Å². The first-order chi connectivity index (χ1) is 13.3. The Balaban J connectivity index is 1.22. The van der Waals surface area contributed by atoms with Crippen molar-refractivity contribution in [3.8, 4) is 5.75 Å². The lowest BCUT2D eigenvalue weighted by Crippen LogP contribution is -2.43. The number of amides is 1. The molecule has 3 heterocycles. The van der Waals surface area contributed by atoms with Crippen LogP contribution < -0.4 is 10.1 Å². The average molecular weight is 364 g/mol. The minimum Gasteiger partial charge on any atom is -0.493 e. The third-order valence-corrected chi connectivity index (χ3v) is 5.88. The topological polar surface area (TPSA) is 50.8 Å². The molecule has 0 bridgehead atoms. The molecular formula is C22H24N2O3. The van der Waals surface area contributed by atoms with Gasteiger partial charge in [-0.25, -0.2) is 0 Å². The third kappa shape index (κ3) is 3.33. The van der Waals surface area contributed by atoms with Crippen LogP contribution in [-0.4, -0.2) is 49.2 Å². The van der Waals surface area contributed by atoms with Crippen LogP contribution in [0.3, 0.4) is 0 Å². The van der Waals surface area contributed by atoms with Gasteiger partial charge in [-0.15, -0.1) is 0 Å². The van der Waals surface area contributed by atoms with Crippen LogP contribution in [0.2, 0.25) is 0 Å². The number of ether oxygens (including phenoxy) is 2. The number of hydrogen-bond donors (Lipinski definition) is 1. The maximum absolute atomic E-state index is 12.7. The summed E-state index contributed by atoms with van der Waals surface area (Å²) in [6.07, 6.45) is 1.95. The first kappa shape index (κ1) is 16.8. The van der Waals surface area contributed by atoms with Gasteiger partial charge < -0.3 is 14.8 Å². The number of benzene rings is 2. The predicted molar refractivity (Wildman–Crippen MR) is 102 cm³/mol. The van der Waals surface area contributed by atoms with Gasteiger partial charge in [0.15, 0.2) is 0 Å². The molecule has 1 amide bonds. The van der Waals surface area contributed by atoms with Crippen molar-refractivity contribution in [1.82, 2.24) is 10.2 Å². The number of carbonyl (C=O) groups excluding carboxylic acids is 1. The Morgan fingerprint density at radius 3 is 2.89 bits per heavy atom. The Hall–Kier alpha value is -2.37. The number of carbonyl (C=O) groups is 1. The highest BCUT2D eigenvalue weighted by Crippen LogP contribution is 2.30. The summed E-state index contributed by atoms with van der Waals surface area (Å²) < 4.78 is 11.6. The van der Waals surface area contributed by atoms with Gasteiger partial charge in [0.05, 0.1) is 19.3 Å². The summed E-state index contributed by atoms with van der Waals surface area (Å²) in [7, 11) is 0. The molecule has 27 heavy (non-hydrogen) atoms. The van der Waals surface area contributed by atoms with E-state index < -0.39 is 0 Å². The normalized spacial score (nSPS) is 26.9. The molecule has 2 fully saturated rings. The van der Waals surface area contributed by atoms with E-state index in [0.29, 0.717) is 12.6 Å². The molecule has 2 aromatic carbocycles. The number of rotatable bonds is 3. The minimum atomic E-state index is 0.00933. The Labute approximate surface area is 159 Å². The van der Waals surface area contributed by atoms with Crippen LogP contribution in [-0.2, 0) is 11.2 Å². The molecular weight excluding hydrogens is 340 g/mol. The van der Waals surface area contributed by atoms with Crippen molar-refractivity contribution in [1.29, 1.82) is 0 Å². The lowest BCUT2D eigenvalue weighted by atomic mass is 10.1. The molecule has 0 aromatic heterocycles. The van der Waals surface area contributed by atoms with Crippen LogP contribution in [0.5, 0.6) is 5.75 Å². The highest BCUT2D eigenvalue weighted by molar-refractivity contribution is 5.94. The Morgan fingerprint density at radius 1 is 1.11 bits per heavy atom. The number of fused-ring (bicyclic) bond motifs is 2. The largest absolute Gasteiger partial charge is 0.493 e. The van der Waals surface area contributed by atoms with E-state index in [1.807, 2.05) is 24.3 Å². The Morgan fingerprint density at radius 2 is 2.00 bits per heavy atom. The molecule has 3 atom stereocenters. The minimum absolute atomic E-state index is 0.00933. The van der Waals surface area contributed by atoms with Crippen molar-refractivity contribution in [3.05, 3.63) is 65.2 Å². The van der Waals surface area contributed by atoms with Gasteiger partial charge in [-0.05, 0) is 35.7 Å². The molecule has 5 heteroatoms. The summed E-state index contributed by atoms with van der Waals surface area (Å²) in [6.45, 7) is 3.21. The predicted octanol–water partition coefficient (Wildman–Crippen LogP) is 2.57. The van der Waals surface area contributed by atoms with Crippen molar-refractivity contribution in [2.45, 2.75) is 31.0 Å². The van der Waals surface area contributed by atoms with E-state index >= 15 is 0 Å². The monoisotopic (exact) mass is 364 g/mol. The summed E-state index contributed by atoms with van der Waals surface area (Å²) in [5, 5.41) is 3.22. The lowest BCUT2D eigenvalue weighted by molar-refractivity contribution is -0.0502. The van der Waals surface area contributed by atoms with Gasteiger partial charge in [0.1, 0.15) is 5.75 Å². The van der Waals surface area contributed by atoms with Crippen LogP contribution in [0, 0.1) is 0 Å². The molecule has 0 radical (unpaired) electrons. The second-order valence-corrected chi connectivity index (χ2v) is 7.67. The molecule has 5 rings (SSSR count). The molecule has 0 aliphatic carbocycles. The number of nitrogens with one attached hydrogen (secondary N) is 1. The quantitative estimate of drug-likeness (QED) is 0.910. The summed E-state index contributed by atoms with van der Waals surface area (Å²) in [6, 6.07) is 16.7. The third-order valence-electron chi connectivity index (χ3n) is 5.88. The van der Waals surface area contributed by atoms with Gasteiger partial charge in [-0.1, -0.05) is 30.3 Å². The fraction of sp³-hybridized carbons (Fsp3) is 0.409. The molecule has 0 unspecified atom stereocenters. The Kier molecular flexibility index (Phi) is 4.34. The van der Waals surface area contributed by atoms with Gasteiger partial charge in [0, 0.05) is 37.2 Å². The highest BCUT2D eigenvalue weighted by Gasteiger charge is 2.38. The van der Waals surface area contributed by atoms with E-state index in [-0.39, 0.29) is 18.1 Å². The maximum Gasteiger partial charge on any atom is 0.251 e. The fourth-order valence-corrected chi connectivity index (χ4v) is 4.44. The molecule has 2 aromatic rings. The molecule has 0 spiro atoms. The Bertz CT molecular complexity index is 839. The van der Waals surface area contributed by atoms with Crippen LogP contribution in [0.15, 0.2) is 48.5 Å². The summed E-state index contributed by atoms with van der Waals surface area (Å²) in [5.74, 6) is 0.920. The molecule has 140 valence electrons. The fourth-order valence-electron chi connectivity index (χ4n) is 4.44. The van der Waals surface area contributed by atoms with Crippen molar-refractivity contribution >= 4 is 5.91 Å². The molecule has 5 nitrogen and oxygen atoms in total. The van der Waals surface area contributed by atoms with Crippen molar-refractivity contribution in [3.63, 3.8) is 0 Å². The van der Waals surface area contributed by atoms with E-state index in [0.717, 1.165) is 49.4 Å². The van der Waals surface area contributed by atoms with E-state index in [1.54, 1.807) is 0 Å². The molecule has 3 aliphatic rings. The molecule has 0 saturated carbocycles. The molecule has 3 aliphatic heterocycles. The zero-order valence-corrected chi connectivity index (χ0v) is 15.3. The smallest absolute Gasteiger partial charge is 0.251 e. The first-order valence-electron chi connectivity index (χ1n) is 9.73. The van der Waals surface area contributed by atoms with Crippen molar-refractivity contribution in [2.24, 2.45) is 0 Å². The van der Waals surface area contributed by atoms with E-state index in [9.17, 15) is 4.79 Å². The van der Waals surface area contributed by atoms with Crippen LogP contribution in [0.25, 0.3) is 0 Å². The van der Waals surface area contributed by atoms with E-state index in [2.05, 4.69) is 34.5 Å². The highest BCUT2D eigenvalue weighted by atomic mass is 16.5. The maximum atomic E-state index is 12.7. The summed E-state index contributed by atoms with van der Waals surface area (Å²) in [4.78, 5) is 15.2. The van der Waals surface area contributed by atoms with Gasteiger partial charge in [-0.3, -0.25) is 9.69 Å². The van der Waals surface area contributed by atoms with Gasteiger partial charge in [-0.2, -0.15) is 0 Å². The summed E-state index contributed by atoms with van der Waals surface area (Å²) >= 11 is 0. The number of hydrogen-bond acceptors (Lipinski definition) is 4. The summed E-state index contributed by atoms with van der Waals surface area (Å²) in [5.41, 5.74) is 3.08. The lowest BCUT2D eigenvalue weighted by Gasteiger charge is -2.35. The average Bonchev–Trinajstić information content (AvgIpc) is 3.33. The number of morpholine rings is 1.